The zero-order valence-electron chi connectivity index (χ0n) is 17.5. The zero-order valence-corrected chi connectivity index (χ0v) is 18.5. The first-order valence-corrected chi connectivity index (χ1v) is 9.73. The minimum Gasteiger partial charge on any atom is -0.252 e. The fourth-order valence-electron chi connectivity index (χ4n) is 3.30. The second-order valence-electron chi connectivity index (χ2n) is 7.27. The van der Waals surface area contributed by atoms with Crippen LogP contribution in [0, 0.1) is 27.7 Å². The van der Waals surface area contributed by atoms with Crippen molar-refractivity contribution < 1.29 is 16.5 Å². The van der Waals surface area contributed by atoms with Gasteiger partial charge < -0.3 is 0 Å². The Morgan fingerprint density at radius 2 is 1.07 bits per heavy atom. The average Bonchev–Trinajstić information content (AvgIpc) is 2.55. The molecule has 0 fully saturated rings. The normalized spacial score (nSPS) is 12.1. The molecule has 3 heteroatoms. The molecule has 27 heavy (non-hydrogen) atoms. The van der Waals surface area contributed by atoms with E-state index in [0.717, 1.165) is 48.5 Å². The molecule has 2 rings (SSSR count). The summed E-state index contributed by atoms with van der Waals surface area (Å²) < 4.78 is 0. The van der Waals surface area contributed by atoms with E-state index < -0.39 is 0 Å². The molecule has 0 spiro atoms. The van der Waals surface area contributed by atoms with Gasteiger partial charge in [-0.25, -0.2) is 0 Å². The van der Waals surface area contributed by atoms with Gasteiger partial charge in [-0.1, -0.05) is 32.4 Å². The van der Waals surface area contributed by atoms with Crippen LogP contribution in [0.2, 0.25) is 0 Å². The first-order valence-electron chi connectivity index (χ1n) is 9.73. The van der Waals surface area contributed by atoms with Crippen molar-refractivity contribution in [3.8, 4) is 0 Å². The van der Waals surface area contributed by atoms with Crippen molar-refractivity contribution in [1.29, 1.82) is 0 Å². The Balaban J connectivity index is 0.00000364. The summed E-state index contributed by atoms with van der Waals surface area (Å²) in [5.74, 6) is 0. The van der Waals surface area contributed by atoms with Crippen LogP contribution >= 0.6 is 0 Å². The van der Waals surface area contributed by atoms with Gasteiger partial charge in [0.1, 0.15) is 0 Å². The van der Waals surface area contributed by atoms with Crippen molar-refractivity contribution in [1.82, 2.24) is 0 Å². The van der Waals surface area contributed by atoms with E-state index in [1.165, 1.54) is 22.3 Å². The molecule has 2 nitrogen and oxygen atoms in total. The van der Waals surface area contributed by atoms with E-state index in [0.29, 0.717) is 0 Å². The third kappa shape index (κ3) is 7.42. The van der Waals surface area contributed by atoms with Gasteiger partial charge in [0.2, 0.25) is 0 Å². The number of hydrogen-bond donors (Lipinski definition) is 0. The fraction of sp³-hybridized carbons (Fsp3) is 0.417. The Morgan fingerprint density at radius 3 is 1.44 bits per heavy atom. The average molecular weight is 407 g/mol. The maximum atomic E-state index is 5.02. The zero-order chi connectivity index (χ0) is 19.1. The molecular formula is C24H32N2Ni. The number of benzene rings is 2. The molecule has 2 aromatic carbocycles. The van der Waals surface area contributed by atoms with E-state index in [1.807, 2.05) is 0 Å². The molecule has 0 saturated heterocycles. The Hall–Kier alpha value is -1.73. The molecule has 0 aliphatic carbocycles. The molecule has 0 heterocycles. The van der Waals surface area contributed by atoms with Crippen LogP contribution in [0.3, 0.4) is 0 Å². The second-order valence-corrected chi connectivity index (χ2v) is 7.27. The second kappa shape index (κ2) is 11.2. The molecule has 0 radical (unpaired) electrons. The largest absolute Gasteiger partial charge is 0.252 e. The first-order chi connectivity index (χ1) is 12.4. The Morgan fingerprint density at radius 1 is 0.667 bits per heavy atom. The molecule has 0 unspecified atom stereocenters. The minimum atomic E-state index is 0. The van der Waals surface area contributed by atoms with Crippen molar-refractivity contribution in [3.63, 3.8) is 0 Å². The van der Waals surface area contributed by atoms with Crippen LogP contribution in [0.4, 0.5) is 11.4 Å². The van der Waals surface area contributed by atoms with Crippen molar-refractivity contribution >= 4 is 22.8 Å². The van der Waals surface area contributed by atoms with Crippen LogP contribution in [-0.2, 0) is 16.5 Å². The number of rotatable bonds is 7. The topological polar surface area (TPSA) is 24.7 Å². The van der Waals surface area contributed by atoms with Gasteiger partial charge in [-0.3, -0.25) is 9.98 Å². The van der Waals surface area contributed by atoms with Crippen LogP contribution in [0.5, 0.6) is 0 Å². The van der Waals surface area contributed by atoms with Gasteiger partial charge in [-0.15, -0.1) is 0 Å². The summed E-state index contributed by atoms with van der Waals surface area (Å²) >= 11 is 0. The molecule has 0 amide bonds. The molecule has 2 aromatic rings. The van der Waals surface area contributed by atoms with E-state index in [-0.39, 0.29) is 16.5 Å². The molecule has 0 saturated carbocycles. The van der Waals surface area contributed by atoms with E-state index in [1.54, 1.807) is 0 Å². The number of aryl methyl sites for hydroxylation is 4. The van der Waals surface area contributed by atoms with E-state index >= 15 is 0 Å². The Bertz CT molecular complexity index is 779. The summed E-state index contributed by atoms with van der Waals surface area (Å²) in [5, 5.41) is 0. The van der Waals surface area contributed by atoms with E-state index in [4.69, 9.17) is 9.98 Å². The fourth-order valence-corrected chi connectivity index (χ4v) is 3.30. The summed E-state index contributed by atoms with van der Waals surface area (Å²) in [4.78, 5) is 9.99. The predicted molar refractivity (Wildman–Crippen MR) is 116 cm³/mol. The summed E-state index contributed by atoms with van der Waals surface area (Å²) in [6, 6.07) is 13.0. The van der Waals surface area contributed by atoms with Gasteiger partial charge in [0.05, 0.1) is 22.8 Å². The van der Waals surface area contributed by atoms with E-state index in [9.17, 15) is 0 Å². The van der Waals surface area contributed by atoms with Crippen LogP contribution in [0.25, 0.3) is 0 Å². The summed E-state index contributed by atoms with van der Waals surface area (Å²) in [6.45, 7) is 12.9. The van der Waals surface area contributed by atoms with Crippen molar-refractivity contribution in [2.45, 2.75) is 67.2 Å². The maximum absolute atomic E-state index is 5.02. The number of nitrogens with zero attached hydrogens (tertiary/aromatic N) is 2. The number of aliphatic imine (C=N–C) groups is 2. The van der Waals surface area contributed by atoms with Crippen LogP contribution in [0.15, 0.2) is 46.4 Å². The van der Waals surface area contributed by atoms with Crippen LogP contribution in [-0.4, -0.2) is 11.4 Å². The standard InChI is InChI=1S/C24H32N2.Ni/c1-7-9-10-24(26-22-15-19(5)12-20(6)16-22)23(8-2)25-21-13-17(3)11-18(4)14-21;/h11-16H,7-10H2,1-6H3;. The molecule has 0 atom stereocenters. The van der Waals surface area contributed by atoms with Crippen LogP contribution < -0.4 is 0 Å². The molecule has 0 aliphatic heterocycles. The summed E-state index contributed by atoms with van der Waals surface area (Å²) in [5.41, 5.74) is 9.30. The number of hydrogen-bond acceptors (Lipinski definition) is 2. The summed E-state index contributed by atoms with van der Waals surface area (Å²) in [7, 11) is 0. The molecule has 0 N–H and O–H groups in total. The third-order valence-electron chi connectivity index (χ3n) is 4.38. The quantitative estimate of drug-likeness (QED) is 0.338. The monoisotopic (exact) mass is 406 g/mol. The van der Waals surface area contributed by atoms with Gasteiger partial charge >= 0.3 is 0 Å². The molecule has 148 valence electrons. The van der Waals surface area contributed by atoms with Gasteiger partial charge in [0, 0.05) is 16.5 Å². The first kappa shape index (κ1) is 23.3. The molecule has 0 aliphatic rings. The van der Waals surface area contributed by atoms with Crippen LogP contribution in [0.1, 0.15) is 61.8 Å². The Kier molecular flexibility index (Phi) is 9.66. The van der Waals surface area contributed by atoms with Crippen molar-refractivity contribution in [2.24, 2.45) is 9.98 Å². The van der Waals surface area contributed by atoms with Gasteiger partial charge in [-0.2, -0.15) is 0 Å². The molecule has 0 aromatic heterocycles. The predicted octanol–water partition coefficient (Wildman–Crippen LogP) is 7.36. The van der Waals surface area contributed by atoms with Gasteiger partial charge in [0.25, 0.3) is 0 Å². The maximum Gasteiger partial charge on any atom is 0.0639 e. The van der Waals surface area contributed by atoms with E-state index in [2.05, 4.69) is 77.9 Å². The summed E-state index contributed by atoms with van der Waals surface area (Å²) in [6.07, 6.45) is 4.16. The van der Waals surface area contributed by atoms with Gasteiger partial charge in [-0.05, 0) is 93.5 Å². The van der Waals surface area contributed by atoms with Crippen molar-refractivity contribution in [3.05, 3.63) is 58.7 Å². The number of unbranched alkanes of at least 4 members (excludes halogenated alkanes) is 1. The smallest absolute Gasteiger partial charge is 0.0639 e. The Labute approximate surface area is 175 Å². The minimum absolute atomic E-state index is 0. The molecular weight excluding hydrogens is 375 g/mol. The van der Waals surface area contributed by atoms with Crippen molar-refractivity contribution in [2.75, 3.05) is 0 Å². The molecule has 0 bridgehead atoms. The third-order valence-corrected chi connectivity index (χ3v) is 4.38. The SMILES string of the molecule is CCCCC(=Nc1cc(C)cc(C)c1)C(CC)=Nc1cc(C)cc(C)c1.[Ni]. The van der Waals surface area contributed by atoms with Gasteiger partial charge in [0.15, 0.2) is 0 Å².